The minimum absolute atomic E-state index is 0.105. The number of rotatable bonds is 3. The number of anilines is 1. The number of aliphatic carboxylic acids is 1. The number of carbonyl (C=O) groups excluding carboxylic acids is 1. The predicted molar refractivity (Wildman–Crippen MR) is 67.7 cm³/mol. The van der Waals surface area contributed by atoms with Gasteiger partial charge in [-0.25, -0.2) is 9.18 Å². The van der Waals surface area contributed by atoms with Gasteiger partial charge in [-0.15, -0.1) is 0 Å². The molecule has 0 aromatic heterocycles. The van der Waals surface area contributed by atoms with Crippen LogP contribution in [-0.2, 0) is 11.2 Å². The van der Waals surface area contributed by atoms with Crippen molar-refractivity contribution in [3.63, 3.8) is 0 Å². The van der Waals surface area contributed by atoms with E-state index in [9.17, 15) is 14.0 Å². The van der Waals surface area contributed by atoms with Crippen LogP contribution in [0.3, 0.4) is 0 Å². The highest BCUT2D eigenvalue weighted by molar-refractivity contribution is 5.94. The van der Waals surface area contributed by atoms with Crippen molar-refractivity contribution in [3.8, 4) is 0 Å². The highest BCUT2D eigenvalue weighted by atomic mass is 19.1. The molecular weight excluding hydrogens is 251 g/mol. The van der Waals surface area contributed by atoms with E-state index in [2.05, 4.69) is 0 Å². The van der Waals surface area contributed by atoms with Gasteiger partial charge in [-0.1, -0.05) is 6.07 Å². The Morgan fingerprint density at radius 2 is 2.21 bits per heavy atom. The molecule has 0 fully saturated rings. The number of urea groups is 1. The average Bonchev–Trinajstić information content (AvgIpc) is 2.77. The minimum atomic E-state index is -0.951. The summed E-state index contributed by atoms with van der Waals surface area (Å²) < 4.78 is 13.2. The highest BCUT2D eigenvalue weighted by Crippen LogP contribution is 2.29. The van der Waals surface area contributed by atoms with Gasteiger partial charge >= 0.3 is 12.0 Å². The van der Waals surface area contributed by atoms with Crippen molar-refractivity contribution in [1.82, 2.24) is 4.90 Å². The molecule has 102 valence electrons. The normalized spacial score (nSPS) is 13.3. The summed E-state index contributed by atoms with van der Waals surface area (Å²) in [5.74, 6) is -1.33. The van der Waals surface area contributed by atoms with Gasteiger partial charge in [0, 0.05) is 20.1 Å². The standard InChI is InChI=1S/C13H15FN2O3/c1-15(6-5-12(17)18)13(19)16-7-4-9-2-3-10(14)8-11(9)16/h2-3,8H,4-7H2,1H3,(H,17,18). The van der Waals surface area contributed by atoms with Gasteiger partial charge in [0.15, 0.2) is 0 Å². The van der Waals surface area contributed by atoms with Gasteiger partial charge in [-0.05, 0) is 24.1 Å². The molecular formula is C13H15FN2O3. The Bertz CT molecular complexity index is 519. The summed E-state index contributed by atoms with van der Waals surface area (Å²) in [6.45, 7) is 0.629. The number of fused-ring (bicyclic) bond motifs is 1. The first-order valence-electron chi connectivity index (χ1n) is 6.02. The van der Waals surface area contributed by atoms with Crippen molar-refractivity contribution in [3.05, 3.63) is 29.6 Å². The van der Waals surface area contributed by atoms with Crippen molar-refractivity contribution in [2.45, 2.75) is 12.8 Å². The number of carboxylic acid groups (broad SMARTS) is 1. The van der Waals surface area contributed by atoms with E-state index in [0.29, 0.717) is 18.7 Å². The first-order chi connectivity index (χ1) is 8.99. The van der Waals surface area contributed by atoms with Crippen LogP contribution in [0, 0.1) is 5.82 Å². The Hall–Kier alpha value is -2.11. The van der Waals surface area contributed by atoms with E-state index in [1.807, 2.05) is 0 Å². The highest BCUT2D eigenvalue weighted by Gasteiger charge is 2.27. The number of carbonyl (C=O) groups is 2. The zero-order valence-electron chi connectivity index (χ0n) is 10.6. The molecule has 0 aliphatic carbocycles. The van der Waals surface area contributed by atoms with E-state index in [-0.39, 0.29) is 24.8 Å². The first kappa shape index (κ1) is 13.3. The second-order valence-electron chi connectivity index (χ2n) is 4.52. The fourth-order valence-corrected chi connectivity index (χ4v) is 2.12. The molecule has 1 aliphatic heterocycles. The van der Waals surface area contributed by atoms with Crippen molar-refractivity contribution in [2.75, 3.05) is 25.0 Å². The molecule has 19 heavy (non-hydrogen) atoms. The molecule has 6 heteroatoms. The van der Waals surface area contributed by atoms with Crippen molar-refractivity contribution in [2.24, 2.45) is 0 Å². The molecule has 0 saturated carbocycles. The van der Waals surface area contributed by atoms with Gasteiger partial charge in [0.25, 0.3) is 0 Å². The third-order valence-electron chi connectivity index (χ3n) is 3.16. The molecule has 1 aliphatic rings. The van der Waals surface area contributed by atoms with Crippen LogP contribution in [0.5, 0.6) is 0 Å². The van der Waals surface area contributed by atoms with E-state index in [1.165, 1.54) is 21.9 Å². The van der Waals surface area contributed by atoms with E-state index in [4.69, 9.17) is 5.11 Å². The predicted octanol–water partition coefficient (Wildman–Crippen LogP) is 1.71. The average molecular weight is 266 g/mol. The molecule has 5 nitrogen and oxygen atoms in total. The monoisotopic (exact) mass is 266 g/mol. The lowest BCUT2D eigenvalue weighted by molar-refractivity contribution is -0.137. The van der Waals surface area contributed by atoms with Crippen LogP contribution in [0.15, 0.2) is 18.2 Å². The quantitative estimate of drug-likeness (QED) is 0.906. The Labute approximate surface area is 110 Å². The SMILES string of the molecule is CN(CCC(=O)O)C(=O)N1CCc2ccc(F)cc21. The first-order valence-corrected chi connectivity index (χ1v) is 6.02. The van der Waals surface area contributed by atoms with Crippen LogP contribution in [0.1, 0.15) is 12.0 Å². The number of nitrogens with zero attached hydrogens (tertiary/aromatic N) is 2. The third kappa shape index (κ3) is 2.83. The second kappa shape index (κ2) is 5.26. The van der Waals surface area contributed by atoms with Crippen molar-refractivity contribution < 1.29 is 19.1 Å². The van der Waals surface area contributed by atoms with Gasteiger partial charge in [-0.3, -0.25) is 9.69 Å². The van der Waals surface area contributed by atoms with Crippen molar-refractivity contribution >= 4 is 17.7 Å². The van der Waals surface area contributed by atoms with Gasteiger partial charge in [0.1, 0.15) is 5.82 Å². The molecule has 2 rings (SSSR count). The maximum Gasteiger partial charge on any atom is 0.324 e. The summed E-state index contributed by atoms with van der Waals surface area (Å²) in [6.07, 6.45) is 0.584. The van der Waals surface area contributed by atoms with Crippen LogP contribution in [-0.4, -0.2) is 42.1 Å². The third-order valence-corrected chi connectivity index (χ3v) is 3.16. The van der Waals surface area contributed by atoms with Crippen LogP contribution in [0.4, 0.5) is 14.9 Å². The molecule has 1 aromatic carbocycles. The summed E-state index contributed by atoms with van der Waals surface area (Å²) in [5.41, 5.74) is 1.51. The summed E-state index contributed by atoms with van der Waals surface area (Å²) in [5, 5.41) is 8.60. The Morgan fingerprint density at radius 1 is 1.47 bits per heavy atom. The summed E-state index contributed by atoms with van der Waals surface area (Å²) in [6, 6.07) is 4.09. The number of amides is 2. The lowest BCUT2D eigenvalue weighted by Gasteiger charge is -2.24. The number of carboxylic acids is 1. The number of hydrogen-bond acceptors (Lipinski definition) is 2. The Kier molecular flexibility index (Phi) is 3.69. The lowest BCUT2D eigenvalue weighted by atomic mass is 10.2. The van der Waals surface area contributed by atoms with Crippen LogP contribution >= 0.6 is 0 Å². The number of benzene rings is 1. The van der Waals surface area contributed by atoms with Crippen LogP contribution in [0.25, 0.3) is 0 Å². The summed E-state index contributed by atoms with van der Waals surface area (Å²) in [7, 11) is 1.54. The molecule has 1 heterocycles. The van der Waals surface area contributed by atoms with E-state index >= 15 is 0 Å². The summed E-state index contributed by atoms with van der Waals surface area (Å²) >= 11 is 0. The zero-order chi connectivity index (χ0) is 14.0. The molecule has 0 bridgehead atoms. The largest absolute Gasteiger partial charge is 0.481 e. The molecule has 1 N–H and O–H groups in total. The molecule has 2 amide bonds. The van der Waals surface area contributed by atoms with Crippen LogP contribution < -0.4 is 4.90 Å². The molecule has 1 aromatic rings. The minimum Gasteiger partial charge on any atom is -0.481 e. The topological polar surface area (TPSA) is 60.9 Å². The summed E-state index contributed by atoms with van der Waals surface area (Å²) in [4.78, 5) is 25.5. The molecule has 0 unspecified atom stereocenters. The Balaban J connectivity index is 2.10. The lowest BCUT2D eigenvalue weighted by Crippen LogP contribution is -2.41. The fourth-order valence-electron chi connectivity index (χ4n) is 2.12. The van der Waals surface area contributed by atoms with E-state index in [1.54, 1.807) is 13.1 Å². The van der Waals surface area contributed by atoms with Crippen LogP contribution in [0.2, 0.25) is 0 Å². The Morgan fingerprint density at radius 3 is 2.89 bits per heavy atom. The van der Waals surface area contributed by atoms with Gasteiger partial charge in [0.2, 0.25) is 0 Å². The smallest absolute Gasteiger partial charge is 0.324 e. The number of hydrogen-bond donors (Lipinski definition) is 1. The van der Waals surface area contributed by atoms with Gasteiger partial charge in [0.05, 0.1) is 12.1 Å². The number of halogens is 1. The molecule has 0 radical (unpaired) electrons. The maximum absolute atomic E-state index is 13.2. The van der Waals surface area contributed by atoms with E-state index in [0.717, 1.165) is 5.56 Å². The molecule has 0 saturated heterocycles. The second-order valence-corrected chi connectivity index (χ2v) is 4.52. The van der Waals surface area contributed by atoms with E-state index < -0.39 is 5.97 Å². The van der Waals surface area contributed by atoms with Gasteiger partial charge in [-0.2, -0.15) is 0 Å². The maximum atomic E-state index is 13.2. The van der Waals surface area contributed by atoms with Gasteiger partial charge < -0.3 is 10.0 Å². The zero-order valence-corrected chi connectivity index (χ0v) is 10.6. The van der Waals surface area contributed by atoms with Crippen molar-refractivity contribution in [1.29, 1.82) is 0 Å². The molecule has 0 spiro atoms. The fraction of sp³-hybridized carbons (Fsp3) is 0.385. The molecule has 0 atom stereocenters.